The van der Waals surface area contributed by atoms with Crippen molar-refractivity contribution in [3.8, 4) is 0 Å². The Kier molecular flexibility index (Phi) is 4.62. The van der Waals surface area contributed by atoms with Crippen molar-refractivity contribution in [2.24, 2.45) is 0 Å². The molecule has 0 radical (unpaired) electrons. The predicted molar refractivity (Wildman–Crippen MR) is 99.7 cm³/mol. The van der Waals surface area contributed by atoms with E-state index in [0.29, 0.717) is 12.1 Å². The van der Waals surface area contributed by atoms with Gasteiger partial charge in [0.1, 0.15) is 11.5 Å². The molecule has 25 heavy (non-hydrogen) atoms. The van der Waals surface area contributed by atoms with Crippen LogP contribution in [0, 0.1) is 20.8 Å². The lowest BCUT2D eigenvalue weighted by atomic mass is 10.0. The minimum absolute atomic E-state index is 0.00477. The van der Waals surface area contributed by atoms with Crippen molar-refractivity contribution < 1.29 is 9.21 Å². The zero-order valence-corrected chi connectivity index (χ0v) is 15.5. The van der Waals surface area contributed by atoms with Crippen LogP contribution in [-0.2, 0) is 6.54 Å². The Hall–Kier alpha value is -2.62. The normalized spacial score (nSPS) is 11.3. The van der Waals surface area contributed by atoms with E-state index in [-0.39, 0.29) is 11.9 Å². The van der Waals surface area contributed by atoms with Crippen molar-refractivity contribution >= 4 is 16.8 Å². The van der Waals surface area contributed by atoms with Gasteiger partial charge < -0.3 is 9.32 Å². The number of amides is 1. The third kappa shape index (κ3) is 3.58. The zero-order chi connectivity index (χ0) is 18.1. The lowest BCUT2D eigenvalue weighted by Crippen LogP contribution is -2.36. The van der Waals surface area contributed by atoms with Gasteiger partial charge in [-0.2, -0.15) is 0 Å². The maximum atomic E-state index is 13.3. The molecule has 0 unspecified atom stereocenters. The first kappa shape index (κ1) is 17.2. The summed E-state index contributed by atoms with van der Waals surface area (Å²) in [5.74, 6) is 1.66. The number of carbonyl (C=O) groups is 1. The van der Waals surface area contributed by atoms with Crippen LogP contribution in [0.3, 0.4) is 0 Å². The van der Waals surface area contributed by atoms with Crippen molar-refractivity contribution in [1.29, 1.82) is 0 Å². The van der Waals surface area contributed by atoms with Gasteiger partial charge in [-0.25, -0.2) is 0 Å². The molecule has 0 fully saturated rings. The molecule has 4 nitrogen and oxygen atoms in total. The highest BCUT2D eigenvalue weighted by molar-refractivity contribution is 6.06. The average molecular weight is 336 g/mol. The fourth-order valence-corrected chi connectivity index (χ4v) is 3.03. The highest BCUT2D eigenvalue weighted by atomic mass is 16.3. The Bertz CT molecular complexity index is 925. The second-order valence-electron chi connectivity index (χ2n) is 6.87. The smallest absolute Gasteiger partial charge is 0.255 e. The number of hydrogen-bond acceptors (Lipinski definition) is 3. The van der Waals surface area contributed by atoms with Gasteiger partial charge in [-0.3, -0.25) is 9.78 Å². The number of nitrogens with zero attached hydrogens (tertiary/aromatic N) is 2. The molecule has 0 N–H and O–H groups in total. The van der Waals surface area contributed by atoms with Crippen LogP contribution in [0.1, 0.15) is 47.0 Å². The van der Waals surface area contributed by atoms with E-state index >= 15 is 0 Å². The first-order valence-corrected chi connectivity index (χ1v) is 8.59. The van der Waals surface area contributed by atoms with E-state index < -0.39 is 0 Å². The monoisotopic (exact) mass is 336 g/mol. The van der Waals surface area contributed by atoms with Crippen molar-refractivity contribution in [2.45, 2.75) is 47.2 Å². The largest absolute Gasteiger partial charge is 0.464 e. The predicted octanol–water partition coefficient (Wildman–Crippen LogP) is 4.80. The lowest BCUT2D eigenvalue weighted by Gasteiger charge is -2.26. The van der Waals surface area contributed by atoms with Gasteiger partial charge in [0.25, 0.3) is 5.91 Å². The van der Waals surface area contributed by atoms with Gasteiger partial charge in [0.15, 0.2) is 0 Å². The second kappa shape index (κ2) is 6.71. The van der Waals surface area contributed by atoms with Crippen LogP contribution >= 0.6 is 0 Å². The summed E-state index contributed by atoms with van der Waals surface area (Å²) in [5, 5.41) is 0.900. The molecule has 2 aromatic heterocycles. The van der Waals surface area contributed by atoms with Crippen LogP contribution < -0.4 is 0 Å². The summed E-state index contributed by atoms with van der Waals surface area (Å²) in [6.07, 6.45) is 0. The Morgan fingerprint density at radius 2 is 1.88 bits per heavy atom. The van der Waals surface area contributed by atoms with E-state index in [2.05, 4.69) is 4.98 Å². The summed E-state index contributed by atoms with van der Waals surface area (Å²) in [5.41, 5.74) is 3.51. The molecule has 0 aliphatic rings. The topological polar surface area (TPSA) is 46.3 Å². The summed E-state index contributed by atoms with van der Waals surface area (Å²) in [6, 6.07) is 11.8. The van der Waals surface area contributed by atoms with Gasteiger partial charge in [0.05, 0.1) is 17.6 Å². The number of carbonyl (C=O) groups excluding carboxylic acids is 1. The Morgan fingerprint density at radius 3 is 2.52 bits per heavy atom. The van der Waals surface area contributed by atoms with Gasteiger partial charge >= 0.3 is 0 Å². The molecular weight excluding hydrogens is 312 g/mol. The fourth-order valence-electron chi connectivity index (χ4n) is 3.03. The number of benzene rings is 1. The van der Waals surface area contributed by atoms with Crippen molar-refractivity contribution in [3.05, 3.63) is 64.7 Å². The van der Waals surface area contributed by atoms with Crippen LogP contribution in [0.5, 0.6) is 0 Å². The van der Waals surface area contributed by atoms with Gasteiger partial charge in [-0.15, -0.1) is 0 Å². The first-order chi connectivity index (χ1) is 11.8. The number of fused-ring (bicyclic) bond motifs is 1. The van der Waals surface area contributed by atoms with Crippen molar-refractivity contribution in [1.82, 2.24) is 9.88 Å². The average Bonchev–Trinajstić information content (AvgIpc) is 2.96. The molecule has 130 valence electrons. The zero-order valence-electron chi connectivity index (χ0n) is 15.5. The molecule has 0 atom stereocenters. The van der Waals surface area contributed by atoms with E-state index in [9.17, 15) is 4.79 Å². The Balaban J connectivity index is 2.05. The number of furan rings is 1. The molecule has 4 heteroatoms. The first-order valence-electron chi connectivity index (χ1n) is 8.59. The Labute approximate surface area is 148 Å². The molecule has 1 aromatic carbocycles. The molecule has 0 bridgehead atoms. The summed E-state index contributed by atoms with van der Waals surface area (Å²) in [4.78, 5) is 19.7. The molecule has 3 rings (SSSR count). The van der Waals surface area contributed by atoms with Crippen molar-refractivity contribution in [2.75, 3.05) is 0 Å². The lowest BCUT2D eigenvalue weighted by molar-refractivity contribution is 0.0677. The SMILES string of the molecule is Cc1ccc2nc(C)cc(C(=O)N(Cc3ccc(C)o3)C(C)C)c2c1. The molecule has 0 spiro atoms. The molecule has 0 saturated heterocycles. The summed E-state index contributed by atoms with van der Waals surface area (Å²) < 4.78 is 5.67. The van der Waals surface area contributed by atoms with E-state index in [4.69, 9.17) is 4.42 Å². The van der Waals surface area contributed by atoms with Crippen LogP contribution in [0.2, 0.25) is 0 Å². The number of pyridine rings is 1. The van der Waals surface area contributed by atoms with Crippen LogP contribution in [0.15, 0.2) is 40.8 Å². The summed E-state index contributed by atoms with van der Waals surface area (Å²) in [7, 11) is 0. The quantitative estimate of drug-likeness (QED) is 0.687. The summed E-state index contributed by atoms with van der Waals surface area (Å²) >= 11 is 0. The highest BCUT2D eigenvalue weighted by Gasteiger charge is 2.23. The van der Waals surface area contributed by atoms with Crippen molar-refractivity contribution in [3.63, 3.8) is 0 Å². The molecule has 0 aliphatic heterocycles. The van der Waals surface area contributed by atoms with E-state index in [0.717, 1.165) is 33.7 Å². The molecular formula is C21H24N2O2. The summed E-state index contributed by atoms with van der Waals surface area (Å²) in [6.45, 7) is 10.4. The molecule has 2 heterocycles. The van der Waals surface area contributed by atoms with Crippen LogP contribution in [0.25, 0.3) is 10.9 Å². The van der Waals surface area contributed by atoms with Gasteiger partial charge in [-0.05, 0) is 65.0 Å². The van der Waals surface area contributed by atoms with E-state index in [1.54, 1.807) is 0 Å². The van der Waals surface area contributed by atoms with Gasteiger partial charge in [0, 0.05) is 17.1 Å². The number of aromatic nitrogens is 1. The van der Waals surface area contributed by atoms with E-state index in [1.807, 2.05) is 75.9 Å². The minimum atomic E-state index is 0.00477. The van der Waals surface area contributed by atoms with Crippen LogP contribution in [-0.4, -0.2) is 21.8 Å². The number of rotatable bonds is 4. The number of aryl methyl sites for hydroxylation is 3. The molecule has 0 aliphatic carbocycles. The number of hydrogen-bond donors (Lipinski definition) is 0. The second-order valence-corrected chi connectivity index (χ2v) is 6.87. The van der Waals surface area contributed by atoms with Gasteiger partial charge in [0.2, 0.25) is 0 Å². The Morgan fingerprint density at radius 1 is 1.12 bits per heavy atom. The van der Waals surface area contributed by atoms with E-state index in [1.165, 1.54) is 0 Å². The third-order valence-corrected chi connectivity index (χ3v) is 4.33. The van der Waals surface area contributed by atoms with Crippen LogP contribution in [0.4, 0.5) is 0 Å². The highest BCUT2D eigenvalue weighted by Crippen LogP contribution is 2.23. The maximum absolute atomic E-state index is 13.3. The van der Waals surface area contributed by atoms with Gasteiger partial charge in [-0.1, -0.05) is 11.6 Å². The minimum Gasteiger partial charge on any atom is -0.464 e. The molecule has 1 amide bonds. The standard InChI is InChI=1S/C21H24N2O2/c1-13(2)23(12-17-8-7-16(5)25-17)21(24)19-11-15(4)22-20-9-6-14(3)10-18(19)20/h6-11,13H,12H2,1-5H3. The maximum Gasteiger partial charge on any atom is 0.255 e. The third-order valence-electron chi connectivity index (χ3n) is 4.33. The molecule has 3 aromatic rings. The molecule has 0 saturated carbocycles. The fraction of sp³-hybridized carbons (Fsp3) is 0.333.